The Morgan fingerprint density at radius 2 is 1.61 bits per heavy atom. The topological polar surface area (TPSA) is 109 Å². The van der Waals surface area contributed by atoms with E-state index in [0.717, 1.165) is 11.1 Å². The van der Waals surface area contributed by atoms with E-state index < -0.39 is 21.8 Å². The third-order valence-electron chi connectivity index (χ3n) is 4.84. The van der Waals surface area contributed by atoms with Gasteiger partial charge in [-0.25, -0.2) is 8.42 Å². The molecule has 0 aromatic heterocycles. The maximum absolute atomic E-state index is 12.8. The molecule has 31 heavy (non-hydrogen) atoms. The fourth-order valence-corrected chi connectivity index (χ4v) is 4.53. The van der Waals surface area contributed by atoms with Crippen molar-refractivity contribution < 1.29 is 18.3 Å². The Balaban J connectivity index is 1.55. The smallest absolute Gasteiger partial charge is 0.248 e. The van der Waals surface area contributed by atoms with Crippen LogP contribution in [-0.4, -0.2) is 32.5 Å². The molecule has 0 aliphatic heterocycles. The second-order valence-electron chi connectivity index (χ2n) is 7.06. The first kappa shape index (κ1) is 23.0. The lowest BCUT2D eigenvalue weighted by Gasteiger charge is -2.12. The summed E-state index contributed by atoms with van der Waals surface area (Å²) in [5.74, 6) is -0.609. The largest absolute Gasteiger partial charge is 0.387 e. The standard InChI is InChI=1S/C23H23ClN2O4S/c24-19-3-1-2-18(14-19)22(27)15-26-13-12-16-4-8-20(9-5-16)31(29,30)21-10-6-17(7-11-21)23(25)28/h1-11,14,22,26-27H,12-13,15H2,(H2,25,28)/t22-/m0/s1. The van der Waals surface area contributed by atoms with Crippen molar-refractivity contribution in [3.8, 4) is 0 Å². The zero-order valence-electron chi connectivity index (χ0n) is 16.7. The fraction of sp³-hybridized carbons (Fsp3) is 0.174. The number of aliphatic hydroxyl groups is 1. The van der Waals surface area contributed by atoms with Crippen molar-refractivity contribution in [1.29, 1.82) is 0 Å². The van der Waals surface area contributed by atoms with Crippen LogP contribution in [0.2, 0.25) is 5.02 Å². The molecule has 0 bridgehead atoms. The molecule has 0 unspecified atom stereocenters. The number of benzene rings is 3. The van der Waals surface area contributed by atoms with Crippen LogP contribution in [0.4, 0.5) is 0 Å². The van der Waals surface area contributed by atoms with Crippen molar-refractivity contribution in [3.05, 3.63) is 94.5 Å². The second kappa shape index (κ2) is 10.1. The van der Waals surface area contributed by atoms with Crippen molar-refractivity contribution in [1.82, 2.24) is 5.32 Å². The van der Waals surface area contributed by atoms with Gasteiger partial charge < -0.3 is 16.2 Å². The van der Waals surface area contributed by atoms with Crippen LogP contribution in [0.25, 0.3) is 0 Å². The minimum absolute atomic E-state index is 0.0990. The molecule has 0 saturated heterocycles. The summed E-state index contributed by atoms with van der Waals surface area (Å²) < 4.78 is 25.5. The van der Waals surface area contributed by atoms with Gasteiger partial charge in [0.2, 0.25) is 15.7 Å². The quantitative estimate of drug-likeness (QED) is 0.427. The number of aliphatic hydroxyl groups excluding tert-OH is 1. The molecule has 3 aromatic carbocycles. The average molecular weight is 459 g/mol. The monoisotopic (exact) mass is 458 g/mol. The Morgan fingerprint density at radius 3 is 2.19 bits per heavy atom. The highest BCUT2D eigenvalue weighted by molar-refractivity contribution is 7.91. The zero-order valence-corrected chi connectivity index (χ0v) is 18.2. The number of nitrogens with two attached hydrogens (primary N) is 1. The van der Waals surface area contributed by atoms with E-state index in [-0.39, 0.29) is 15.4 Å². The highest BCUT2D eigenvalue weighted by Crippen LogP contribution is 2.22. The lowest BCUT2D eigenvalue weighted by molar-refractivity contribution is 0.1000. The van der Waals surface area contributed by atoms with Gasteiger partial charge in [0.25, 0.3) is 0 Å². The molecule has 0 radical (unpaired) electrons. The average Bonchev–Trinajstić information content (AvgIpc) is 2.77. The molecule has 0 heterocycles. The van der Waals surface area contributed by atoms with Crippen LogP contribution in [0, 0.1) is 0 Å². The minimum Gasteiger partial charge on any atom is -0.387 e. The van der Waals surface area contributed by atoms with E-state index >= 15 is 0 Å². The molecule has 4 N–H and O–H groups in total. The SMILES string of the molecule is NC(=O)c1ccc(S(=O)(=O)c2ccc(CCNC[C@H](O)c3cccc(Cl)c3)cc2)cc1. The zero-order chi connectivity index (χ0) is 22.4. The number of carbonyl (C=O) groups is 1. The Morgan fingerprint density at radius 1 is 1.00 bits per heavy atom. The first-order chi connectivity index (χ1) is 14.8. The number of rotatable bonds is 9. The van der Waals surface area contributed by atoms with Crippen LogP contribution in [-0.2, 0) is 16.3 Å². The Kier molecular flexibility index (Phi) is 7.46. The fourth-order valence-electron chi connectivity index (χ4n) is 3.07. The highest BCUT2D eigenvalue weighted by atomic mass is 35.5. The first-order valence-electron chi connectivity index (χ1n) is 9.65. The van der Waals surface area contributed by atoms with Gasteiger partial charge >= 0.3 is 0 Å². The number of nitrogens with one attached hydrogen (secondary N) is 1. The molecule has 3 rings (SSSR count). The van der Waals surface area contributed by atoms with Crippen LogP contribution >= 0.6 is 11.6 Å². The van der Waals surface area contributed by atoms with Crippen molar-refractivity contribution in [3.63, 3.8) is 0 Å². The van der Waals surface area contributed by atoms with Gasteiger partial charge in [0.1, 0.15) is 0 Å². The highest BCUT2D eigenvalue weighted by Gasteiger charge is 2.18. The molecule has 0 aliphatic rings. The number of halogens is 1. The van der Waals surface area contributed by atoms with Crippen LogP contribution in [0.5, 0.6) is 0 Å². The van der Waals surface area contributed by atoms with Crippen LogP contribution in [0.3, 0.4) is 0 Å². The number of amides is 1. The van der Waals surface area contributed by atoms with Crippen LogP contribution in [0.1, 0.15) is 27.6 Å². The van der Waals surface area contributed by atoms with Gasteiger partial charge in [-0.2, -0.15) is 0 Å². The number of carbonyl (C=O) groups excluding carboxylic acids is 1. The molecule has 0 aliphatic carbocycles. The van der Waals surface area contributed by atoms with E-state index in [9.17, 15) is 18.3 Å². The summed E-state index contributed by atoms with van der Waals surface area (Å²) in [5, 5.41) is 14.0. The number of sulfone groups is 1. The summed E-state index contributed by atoms with van der Waals surface area (Å²) in [7, 11) is -3.68. The molecule has 0 spiro atoms. The van der Waals surface area contributed by atoms with E-state index in [2.05, 4.69) is 5.32 Å². The van der Waals surface area contributed by atoms with E-state index in [1.807, 2.05) is 6.07 Å². The molecular formula is C23H23ClN2O4S. The van der Waals surface area contributed by atoms with Crippen molar-refractivity contribution in [2.24, 2.45) is 5.73 Å². The molecule has 162 valence electrons. The molecule has 6 nitrogen and oxygen atoms in total. The summed E-state index contributed by atoms with van der Waals surface area (Å²) in [4.78, 5) is 11.4. The summed E-state index contributed by atoms with van der Waals surface area (Å²) in [5.41, 5.74) is 7.16. The molecule has 3 aromatic rings. The normalized spacial score (nSPS) is 12.5. The van der Waals surface area contributed by atoms with Gasteiger partial charge in [0.05, 0.1) is 15.9 Å². The molecule has 1 amide bonds. The Hall–Kier alpha value is -2.71. The maximum atomic E-state index is 12.8. The van der Waals surface area contributed by atoms with Gasteiger partial charge in [0.15, 0.2) is 0 Å². The van der Waals surface area contributed by atoms with Crippen molar-refractivity contribution >= 4 is 27.3 Å². The van der Waals surface area contributed by atoms with E-state index in [4.69, 9.17) is 17.3 Å². The Bertz CT molecular complexity index is 1150. The lowest BCUT2D eigenvalue weighted by atomic mass is 10.1. The first-order valence-corrected chi connectivity index (χ1v) is 11.5. The molecular weight excluding hydrogens is 436 g/mol. The van der Waals surface area contributed by atoms with E-state index in [1.165, 1.54) is 24.3 Å². The Labute approximate surface area is 186 Å². The second-order valence-corrected chi connectivity index (χ2v) is 9.45. The van der Waals surface area contributed by atoms with Crippen LogP contribution in [0.15, 0.2) is 82.6 Å². The van der Waals surface area contributed by atoms with E-state index in [1.54, 1.807) is 42.5 Å². The number of primary amides is 1. The van der Waals surface area contributed by atoms with E-state index in [0.29, 0.717) is 24.5 Å². The summed E-state index contributed by atoms with van der Waals surface area (Å²) in [6.07, 6.45) is 0.0165. The van der Waals surface area contributed by atoms with Crippen molar-refractivity contribution in [2.75, 3.05) is 13.1 Å². The number of hydrogen-bond acceptors (Lipinski definition) is 5. The van der Waals surface area contributed by atoms with Gasteiger partial charge in [-0.1, -0.05) is 35.9 Å². The van der Waals surface area contributed by atoms with Gasteiger partial charge in [0, 0.05) is 17.1 Å². The predicted octanol–water partition coefficient (Wildman–Crippen LogP) is 3.14. The molecule has 8 heteroatoms. The minimum atomic E-state index is -3.68. The number of hydrogen-bond donors (Lipinski definition) is 3. The predicted molar refractivity (Wildman–Crippen MR) is 120 cm³/mol. The molecule has 0 fully saturated rings. The summed E-state index contributed by atoms with van der Waals surface area (Å²) in [6.45, 7) is 1.01. The van der Waals surface area contributed by atoms with Crippen LogP contribution < -0.4 is 11.1 Å². The van der Waals surface area contributed by atoms with Crippen molar-refractivity contribution in [2.45, 2.75) is 22.3 Å². The third-order valence-corrected chi connectivity index (χ3v) is 6.87. The molecule has 1 atom stereocenters. The molecule has 0 saturated carbocycles. The third kappa shape index (κ3) is 5.92. The van der Waals surface area contributed by atoms with Gasteiger partial charge in [-0.3, -0.25) is 4.79 Å². The summed E-state index contributed by atoms with van der Waals surface area (Å²) >= 11 is 5.94. The van der Waals surface area contributed by atoms with Gasteiger partial charge in [-0.15, -0.1) is 0 Å². The lowest BCUT2D eigenvalue weighted by Crippen LogP contribution is -2.23. The summed E-state index contributed by atoms with van der Waals surface area (Å²) in [6, 6.07) is 19.3. The maximum Gasteiger partial charge on any atom is 0.248 e. The van der Waals surface area contributed by atoms with Gasteiger partial charge in [-0.05, 0) is 72.6 Å².